The van der Waals surface area contributed by atoms with E-state index in [0.29, 0.717) is 5.92 Å². The highest BCUT2D eigenvalue weighted by Crippen LogP contribution is 2.60. The van der Waals surface area contributed by atoms with Crippen LogP contribution in [0.25, 0.3) is 0 Å². The molecule has 2 nitrogen and oxygen atoms in total. The van der Waals surface area contributed by atoms with Gasteiger partial charge in [0.25, 0.3) is 0 Å². The van der Waals surface area contributed by atoms with Crippen molar-refractivity contribution in [1.82, 2.24) is 0 Å². The second-order valence-corrected chi connectivity index (χ2v) is 8.03. The lowest BCUT2D eigenvalue weighted by atomic mass is 9.55. The zero-order valence-corrected chi connectivity index (χ0v) is 15.4. The number of methoxy groups -OCH3 is 1. The van der Waals surface area contributed by atoms with Crippen molar-refractivity contribution in [3.05, 3.63) is 42.0 Å². The van der Waals surface area contributed by atoms with Crippen LogP contribution in [0.5, 0.6) is 5.75 Å². The van der Waals surface area contributed by atoms with Crippen LogP contribution in [0.3, 0.4) is 0 Å². The molecule has 2 saturated carbocycles. The molecular weight excluding hydrogens is 296 g/mol. The van der Waals surface area contributed by atoms with Gasteiger partial charge in [-0.3, -0.25) is 0 Å². The first-order chi connectivity index (χ1) is 11.5. The van der Waals surface area contributed by atoms with Gasteiger partial charge in [-0.1, -0.05) is 19.1 Å². The zero-order chi connectivity index (χ0) is 17.3. The van der Waals surface area contributed by atoms with Gasteiger partial charge in [0.2, 0.25) is 0 Å². The third-order valence-electron chi connectivity index (χ3n) is 6.88. The molecule has 0 saturated heterocycles. The molecule has 1 aromatic rings. The van der Waals surface area contributed by atoms with Crippen LogP contribution in [0, 0.1) is 17.3 Å². The number of aliphatic hydroxyl groups excluding tert-OH is 1. The number of aliphatic hydroxyl groups is 1. The maximum atomic E-state index is 10.4. The van der Waals surface area contributed by atoms with Crippen molar-refractivity contribution in [1.29, 1.82) is 0 Å². The van der Waals surface area contributed by atoms with E-state index in [4.69, 9.17) is 4.74 Å². The van der Waals surface area contributed by atoms with Gasteiger partial charge >= 0.3 is 0 Å². The molecule has 1 aromatic carbocycles. The Kier molecular flexibility index (Phi) is 5.05. The Morgan fingerprint density at radius 1 is 1.25 bits per heavy atom. The number of aryl methyl sites for hydroxylation is 1. The molecule has 2 fully saturated rings. The molecule has 0 bridgehead atoms. The molecule has 24 heavy (non-hydrogen) atoms. The summed E-state index contributed by atoms with van der Waals surface area (Å²) >= 11 is 0. The maximum Gasteiger partial charge on any atom is 0.119 e. The Balaban J connectivity index is 0.000000526. The van der Waals surface area contributed by atoms with Gasteiger partial charge in [-0.05, 0) is 91.9 Å². The number of hydrogen-bond acceptors (Lipinski definition) is 2. The predicted molar refractivity (Wildman–Crippen MR) is 99.5 cm³/mol. The Morgan fingerprint density at radius 2 is 2.00 bits per heavy atom. The van der Waals surface area contributed by atoms with Crippen molar-refractivity contribution >= 4 is 0 Å². The minimum Gasteiger partial charge on any atom is -0.497 e. The van der Waals surface area contributed by atoms with E-state index in [2.05, 4.69) is 31.7 Å². The standard InChI is InChI=1S/C19H26O2.C3H6/c1-19-10-9-15-14-6-4-13(21-2)11-12(14)3-5-16(15)17(19)7-8-18(19)20;1-3-2/h4,6,11,15-18,20H,3,5,7-10H2,1-2H3;3H,1H2,2H3/t15?,16?,17?,18-,19?;/m0./s1. The van der Waals surface area contributed by atoms with Crippen LogP contribution >= 0.6 is 0 Å². The van der Waals surface area contributed by atoms with E-state index >= 15 is 0 Å². The lowest BCUT2D eigenvalue weighted by Crippen LogP contribution is -2.43. The van der Waals surface area contributed by atoms with Crippen molar-refractivity contribution in [2.45, 2.75) is 64.4 Å². The normalized spacial score (nSPS) is 36.5. The van der Waals surface area contributed by atoms with Crippen molar-refractivity contribution in [3.8, 4) is 5.75 Å². The van der Waals surface area contributed by atoms with Crippen LogP contribution in [0.15, 0.2) is 30.9 Å². The molecule has 4 unspecified atom stereocenters. The summed E-state index contributed by atoms with van der Waals surface area (Å²) in [5.41, 5.74) is 3.25. The molecule has 0 amide bonds. The summed E-state index contributed by atoms with van der Waals surface area (Å²) in [4.78, 5) is 0. The molecule has 0 heterocycles. The quantitative estimate of drug-likeness (QED) is 0.726. The fraction of sp³-hybridized carbons (Fsp3) is 0.636. The highest BCUT2D eigenvalue weighted by atomic mass is 16.5. The van der Waals surface area contributed by atoms with Crippen LogP contribution in [0.2, 0.25) is 0 Å². The number of rotatable bonds is 1. The topological polar surface area (TPSA) is 29.5 Å². The van der Waals surface area contributed by atoms with E-state index in [1.807, 2.05) is 6.92 Å². The van der Waals surface area contributed by atoms with Crippen LogP contribution < -0.4 is 4.74 Å². The largest absolute Gasteiger partial charge is 0.497 e. The molecule has 132 valence electrons. The lowest BCUT2D eigenvalue weighted by molar-refractivity contribution is -0.0226. The summed E-state index contributed by atoms with van der Waals surface area (Å²) in [6, 6.07) is 6.67. The summed E-state index contributed by atoms with van der Waals surface area (Å²) in [6.45, 7) is 7.59. The van der Waals surface area contributed by atoms with Gasteiger partial charge in [-0.25, -0.2) is 0 Å². The first-order valence-electron chi connectivity index (χ1n) is 9.47. The molecule has 0 radical (unpaired) electrons. The summed E-state index contributed by atoms with van der Waals surface area (Å²) in [5.74, 6) is 3.20. The van der Waals surface area contributed by atoms with Crippen LogP contribution in [-0.2, 0) is 6.42 Å². The zero-order valence-electron chi connectivity index (χ0n) is 15.4. The van der Waals surface area contributed by atoms with E-state index in [1.165, 1.54) is 37.7 Å². The molecule has 5 atom stereocenters. The van der Waals surface area contributed by atoms with Gasteiger partial charge in [0.15, 0.2) is 0 Å². The summed E-state index contributed by atoms with van der Waals surface area (Å²) in [6.07, 6.45) is 8.82. The van der Waals surface area contributed by atoms with Gasteiger partial charge in [-0.15, -0.1) is 6.58 Å². The van der Waals surface area contributed by atoms with Gasteiger partial charge < -0.3 is 9.84 Å². The Hall–Kier alpha value is -1.28. The molecule has 1 N–H and O–H groups in total. The molecule has 2 heteroatoms. The van der Waals surface area contributed by atoms with Gasteiger partial charge in [0.1, 0.15) is 5.75 Å². The van der Waals surface area contributed by atoms with Gasteiger partial charge in [0.05, 0.1) is 13.2 Å². The first kappa shape index (κ1) is 17.5. The number of allylic oxidation sites excluding steroid dienone is 1. The maximum absolute atomic E-state index is 10.4. The van der Waals surface area contributed by atoms with E-state index in [-0.39, 0.29) is 11.5 Å². The third kappa shape index (κ3) is 2.79. The Bertz CT molecular complexity index is 594. The van der Waals surface area contributed by atoms with E-state index in [9.17, 15) is 5.11 Å². The number of fused-ring (bicyclic) bond motifs is 5. The predicted octanol–water partition coefficient (Wildman–Crippen LogP) is 5.10. The summed E-state index contributed by atoms with van der Waals surface area (Å²) < 4.78 is 5.38. The SMILES string of the molecule is C=CC.COc1ccc2c(c1)CCC1C2CCC2(C)C1CC[C@@H]2O. The lowest BCUT2D eigenvalue weighted by Gasteiger charge is -2.50. The van der Waals surface area contributed by atoms with E-state index in [0.717, 1.165) is 24.0 Å². The van der Waals surface area contributed by atoms with Crippen molar-refractivity contribution in [3.63, 3.8) is 0 Å². The third-order valence-corrected chi connectivity index (χ3v) is 6.88. The van der Waals surface area contributed by atoms with E-state index < -0.39 is 0 Å². The fourth-order valence-corrected chi connectivity index (χ4v) is 5.66. The smallest absolute Gasteiger partial charge is 0.119 e. The highest BCUT2D eigenvalue weighted by molar-refractivity contribution is 5.40. The van der Waals surface area contributed by atoms with Crippen molar-refractivity contribution < 1.29 is 9.84 Å². The molecule has 4 rings (SSSR count). The van der Waals surface area contributed by atoms with E-state index in [1.54, 1.807) is 18.7 Å². The van der Waals surface area contributed by atoms with Crippen molar-refractivity contribution in [2.75, 3.05) is 7.11 Å². The molecule has 3 aliphatic carbocycles. The minimum absolute atomic E-state index is 0.0688. The molecular formula is C22H32O2. The minimum atomic E-state index is -0.0688. The number of hydrogen-bond donors (Lipinski definition) is 1. The number of benzene rings is 1. The van der Waals surface area contributed by atoms with Gasteiger partial charge in [0, 0.05) is 0 Å². The molecule has 0 aliphatic heterocycles. The van der Waals surface area contributed by atoms with Crippen LogP contribution in [0.4, 0.5) is 0 Å². The average Bonchev–Trinajstić information content (AvgIpc) is 2.90. The monoisotopic (exact) mass is 328 g/mol. The molecule has 0 aromatic heterocycles. The summed E-state index contributed by atoms with van der Waals surface area (Å²) in [7, 11) is 1.75. The van der Waals surface area contributed by atoms with Crippen LogP contribution in [0.1, 0.15) is 63.0 Å². The second-order valence-electron chi connectivity index (χ2n) is 8.03. The Morgan fingerprint density at radius 3 is 2.71 bits per heavy atom. The summed E-state index contributed by atoms with van der Waals surface area (Å²) in [5, 5.41) is 10.4. The highest BCUT2D eigenvalue weighted by Gasteiger charge is 2.54. The van der Waals surface area contributed by atoms with Gasteiger partial charge in [-0.2, -0.15) is 0 Å². The second kappa shape index (κ2) is 6.92. The average molecular weight is 328 g/mol. The number of ether oxygens (including phenoxy) is 1. The van der Waals surface area contributed by atoms with Crippen LogP contribution in [-0.4, -0.2) is 18.3 Å². The Labute approximate surface area is 146 Å². The van der Waals surface area contributed by atoms with Crippen molar-refractivity contribution in [2.24, 2.45) is 17.3 Å². The molecule has 0 spiro atoms. The fourth-order valence-electron chi connectivity index (χ4n) is 5.66. The molecule has 3 aliphatic rings. The first-order valence-corrected chi connectivity index (χ1v) is 9.47.